The van der Waals surface area contributed by atoms with Crippen molar-refractivity contribution in [2.24, 2.45) is 0 Å². The van der Waals surface area contributed by atoms with Gasteiger partial charge in [-0.05, 0) is 30.3 Å². The maximum absolute atomic E-state index is 12.3. The average molecular weight is 615 g/mol. The van der Waals surface area contributed by atoms with Gasteiger partial charge in [-0.2, -0.15) is 9.15 Å². The summed E-state index contributed by atoms with van der Waals surface area (Å²) < 4.78 is 25.4. The molecule has 1 heterocycles. The van der Waals surface area contributed by atoms with Crippen molar-refractivity contribution in [1.82, 2.24) is 4.58 Å². The highest BCUT2D eigenvalue weighted by atomic mass is 16.5. The maximum Gasteiger partial charge on any atom is 0.336 e. The van der Waals surface area contributed by atoms with Crippen LogP contribution in [0.25, 0.3) is 33.4 Å². The lowest BCUT2D eigenvalue weighted by molar-refractivity contribution is -0.440. The Morgan fingerprint density at radius 2 is 1.53 bits per heavy atom. The summed E-state index contributed by atoms with van der Waals surface area (Å²) in [5.41, 5.74) is 3.11. The summed E-state index contributed by atoms with van der Waals surface area (Å²) in [4.78, 5) is 46.3. The molecule has 0 saturated heterocycles. The van der Waals surface area contributed by atoms with Crippen molar-refractivity contribution in [1.29, 1.82) is 0 Å². The molecule has 1 N–H and O–H groups in total. The smallest absolute Gasteiger partial charge is 0.336 e. The minimum Gasteiger partial charge on any atom is -0.478 e. The molecule has 232 valence electrons. The average Bonchev–Trinajstić information content (AvgIpc) is 3.00. The second-order valence-electron chi connectivity index (χ2n) is 9.92. The number of rotatable bonds is 12. The number of hydrogen-bond donors (Lipinski definition) is 1. The first kappa shape index (κ1) is 32.3. The lowest BCUT2D eigenvalue weighted by Crippen LogP contribution is -2.28. The summed E-state index contributed by atoms with van der Waals surface area (Å²) in [6.07, 6.45) is 3.28. The van der Waals surface area contributed by atoms with E-state index in [4.69, 9.17) is 18.6 Å². The number of nitrogens with zero attached hydrogens (tertiary/aromatic N) is 2. The zero-order chi connectivity index (χ0) is 32.5. The van der Waals surface area contributed by atoms with E-state index in [-0.39, 0.29) is 37.9 Å². The Bertz CT molecular complexity index is 1850. The van der Waals surface area contributed by atoms with Gasteiger partial charge in [-0.3, -0.25) is 14.4 Å². The molecule has 1 aliphatic carbocycles. The summed E-state index contributed by atoms with van der Waals surface area (Å²) in [5.74, 6) is -1.84. The largest absolute Gasteiger partial charge is 0.478 e. The summed E-state index contributed by atoms with van der Waals surface area (Å²) in [6, 6.07) is 17.8. The Balaban J connectivity index is 1.97. The van der Waals surface area contributed by atoms with Gasteiger partial charge in [0.05, 0.1) is 17.7 Å². The van der Waals surface area contributed by atoms with Gasteiger partial charge < -0.3 is 23.7 Å². The van der Waals surface area contributed by atoms with E-state index in [1.54, 1.807) is 47.3 Å². The monoisotopic (exact) mass is 614 g/mol. The summed E-state index contributed by atoms with van der Waals surface area (Å²) in [6.45, 7) is 8.72. The number of esters is 3. The molecule has 0 spiro atoms. The predicted molar refractivity (Wildman–Crippen MR) is 166 cm³/mol. The van der Waals surface area contributed by atoms with Crippen LogP contribution in [-0.4, -0.2) is 72.7 Å². The fourth-order valence-corrected chi connectivity index (χ4v) is 4.87. The van der Waals surface area contributed by atoms with Gasteiger partial charge in [-0.25, -0.2) is 4.79 Å². The van der Waals surface area contributed by atoms with Crippen LogP contribution in [0.1, 0.15) is 31.1 Å². The molecule has 0 unspecified atom stereocenters. The molecule has 0 atom stereocenters. The molecule has 0 radical (unpaired) electrons. The minimum absolute atomic E-state index is 0.00632. The topological polar surface area (TPSA) is 135 Å². The van der Waals surface area contributed by atoms with Gasteiger partial charge in [-0.1, -0.05) is 18.2 Å². The number of fused-ring (bicyclic) bond motifs is 2. The number of ether oxygens (including phenoxy) is 3. The van der Waals surface area contributed by atoms with Crippen LogP contribution in [-0.2, 0) is 28.6 Å². The van der Waals surface area contributed by atoms with Gasteiger partial charge in [0, 0.05) is 49.4 Å². The van der Waals surface area contributed by atoms with Gasteiger partial charge in [0.25, 0.3) is 0 Å². The number of benzene rings is 3. The minimum atomic E-state index is -1.07. The summed E-state index contributed by atoms with van der Waals surface area (Å²) in [7, 11) is 0. The lowest BCUT2D eigenvalue weighted by atomic mass is 9.90. The van der Waals surface area contributed by atoms with E-state index < -0.39 is 17.9 Å². The number of carboxylic acids is 1. The molecule has 0 bridgehead atoms. The van der Waals surface area contributed by atoms with Crippen LogP contribution in [0.3, 0.4) is 0 Å². The Hall–Kier alpha value is -5.58. The normalized spacial score (nSPS) is 12.0. The van der Waals surface area contributed by atoms with Crippen LogP contribution in [0.2, 0.25) is 0 Å². The van der Waals surface area contributed by atoms with E-state index >= 15 is 0 Å². The van der Waals surface area contributed by atoms with Crippen molar-refractivity contribution in [2.75, 3.05) is 32.9 Å². The van der Waals surface area contributed by atoms with Gasteiger partial charge in [0.2, 0.25) is 11.0 Å². The fraction of sp³-hybridized carbons (Fsp3) is 0.235. The van der Waals surface area contributed by atoms with Crippen LogP contribution in [0.4, 0.5) is 5.69 Å². The van der Waals surface area contributed by atoms with E-state index in [2.05, 4.69) is 6.58 Å². The van der Waals surface area contributed by atoms with Crippen molar-refractivity contribution < 1.29 is 47.5 Å². The van der Waals surface area contributed by atoms with Gasteiger partial charge in [0.15, 0.2) is 45.3 Å². The SMILES string of the molecule is C=C[N+](CCOC(C)=O)=c1ccc2c(-c3ccccc3C(=O)O)c3ccc([N+](=CCOC(C)=O)CCOC(C)=O)cc3oc-2c1. The molecule has 0 fully saturated rings. The third-order valence-corrected chi connectivity index (χ3v) is 6.86. The van der Waals surface area contributed by atoms with Crippen molar-refractivity contribution >= 4 is 46.7 Å². The van der Waals surface area contributed by atoms with E-state index in [0.717, 1.165) is 5.36 Å². The number of carbonyl (C=O) groups excluding carboxylic acids is 3. The molecule has 11 heteroatoms. The second kappa shape index (κ2) is 14.7. The third-order valence-electron chi connectivity index (χ3n) is 6.86. The van der Waals surface area contributed by atoms with E-state index in [1.807, 2.05) is 34.9 Å². The predicted octanol–water partition coefficient (Wildman–Crippen LogP) is 4.22. The summed E-state index contributed by atoms with van der Waals surface area (Å²) in [5, 5.41) is 11.4. The first-order valence-electron chi connectivity index (χ1n) is 14.1. The van der Waals surface area contributed by atoms with Crippen molar-refractivity contribution in [3.05, 3.63) is 84.4 Å². The highest BCUT2D eigenvalue weighted by Gasteiger charge is 2.23. The zero-order valence-corrected chi connectivity index (χ0v) is 25.3. The van der Waals surface area contributed by atoms with Crippen LogP contribution >= 0.6 is 0 Å². The van der Waals surface area contributed by atoms with Crippen LogP contribution in [0.5, 0.6) is 0 Å². The molecule has 2 aromatic carbocycles. The van der Waals surface area contributed by atoms with Gasteiger partial charge in [-0.15, -0.1) is 0 Å². The molecule has 4 rings (SSSR count). The van der Waals surface area contributed by atoms with Crippen molar-refractivity contribution in [3.63, 3.8) is 0 Å². The first-order valence-corrected chi connectivity index (χ1v) is 14.1. The molecule has 0 aromatic heterocycles. The molecule has 11 nitrogen and oxygen atoms in total. The fourth-order valence-electron chi connectivity index (χ4n) is 4.87. The second-order valence-corrected chi connectivity index (χ2v) is 9.92. The number of aromatic carboxylic acids is 1. The van der Waals surface area contributed by atoms with Crippen LogP contribution < -0.4 is 9.93 Å². The highest BCUT2D eigenvalue weighted by Crippen LogP contribution is 2.41. The van der Waals surface area contributed by atoms with Crippen molar-refractivity contribution in [2.45, 2.75) is 20.8 Å². The van der Waals surface area contributed by atoms with Crippen LogP contribution in [0.15, 0.2) is 77.9 Å². The van der Waals surface area contributed by atoms with Crippen molar-refractivity contribution in [3.8, 4) is 22.5 Å². The number of carbonyl (C=O) groups is 4. The molecule has 0 amide bonds. The molecule has 45 heavy (non-hydrogen) atoms. The van der Waals surface area contributed by atoms with Gasteiger partial charge in [0.1, 0.15) is 11.3 Å². The van der Waals surface area contributed by atoms with E-state index in [1.165, 1.54) is 20.8 Å². The Morgan fingerprint density at radius 3 is 2.20 bits per heavy atom. The highest BCUT2D eigenvalue weighted by molar-refractivity contribution is 6.07. The van der Waals surface area contributed by atoms with Crippen LogP contribution in [0, 0.1) is 0 Å². The standard InChI is InChI=1S/C34H33N2O9/c1-5-35(14-17-42-22(2)37)25-10-12-29-31(20-25)45-32-21-26(36(15-18-43-23(3)38)16-19-44-24(4)39)11-13-30(32)33(29)27-8-6-7-9-28(27)34(40)41/h5-13,15,20-21H,1,14,16-19H2,2-4H3/q+1/p+1. The Morgan fingerprint density at radius 1 is 0.844 bits per heavy atom. The molecular formula is C34H34N2O9+2. The molecule has 2 aromatic rings. The Labute approximate surface area is 259 Å². The molecular weight excluding hydrogens is 580 g/mol. The Kier molecular flexibility index (Phi) is 10.6. The quantitative estimate of drug-likeness (QED) is 0.0818. The zero-order valence-electron chi connectivity index (χ0n) is 25.3. The molecule has 0 saturated carbocycles. The summed E-state index contributed by atoms with van der Waals surface area (Å²) >= 11 is 0. The van der Waals surface area contributed by atoms with E-state index in [0.29, 0.717) is 45.7 Å². The molecule has 2 aliphatic rings. The molecule has 1 aliphatic heterocycles. The number of hydrogen-bond acceptors (Lipinski definition) is 8. The number of carboxylic acid groups (broad SMARTS) is 1. The maximum atomic E-state index is 12.3. The van der Waals surface area contributed by atoms with Gasteiger partial charge >= 0.3 is 23.9 Å². The lowest BCUT2D eigenvalue weighted by Gasteiger charge is -2.17. The first-order chi connectivity index (χ1) is 21.6. The third kappa shape index (κ3) is 8.08. The van der Waals surface area contributed by atoms with E-state index in [9.17, 15) is 24.3 Å².